The van der Waals surface area contributed by atoms with Gasteiger partial charge in [-0.2, -0.15) is 0 Å². The van der Waals surface area contributed by atoms with Crippen LogP contribution < -0.4 is 9.47 Å². The Morgan fingerprint density at radius 1 is 0.786 bits per heavy atom. The van der Waals surface area contributed by atoms with Gasteiger partial charge in [-0.25, -0.2) is 4.99 Å². The third kappa shape index (κ3) is 5.34. The summed E-state index contributed by atoms with van der Waals surface area (Å²) in [5.74, 6) is 2.05. The van der Waals surface area contributed by atoms with E-state index in [-0.39, 0.29) is 0 Å². The maximum Gasteiger partial charge on any atom is 0.225 e. The summed E-state index contributed by atoms with van der Waals surface area (Å²) in [6.07, 6.45) is 1.68. The van der Waals surface area contributed by atoms with Crippen LogP contribution in [0.15, 0.2) is 89.6 Å². The summed E-state index contributed by atoms with van der Waals surface area (Å²) < 4.78 is 12.0. The van der Waals surface area contributed by atoms with Gasteiger partial charge in [-0.05, 0) is 63.6 Å². The first kappa shape index (κ1) is 19.4. The Bertz CT molecular complexity index is 984. The van der Waals surface area contributed by atoms with E-state index >= 15 is 0 Å². The summed E-state index contributed by atoms with van der Waals surface area (Å²) in [5.41, 5.74) is 5.06. The number of para-hydroxylation sites is 1. The first-order valence-electron chi connectivity index (χ1n) is 9.30. The first-order valence-corrected chi connectivity index (χ1v) is 9.30. The first-order chi connectivity index (χ1) is 13.5. The van der Waals surface area contributed by atoms with E-state index in [2.05, 4.69) is 6.92 Å². The SMILES string of the molecule is C/C(=C\Oc1ccc(C)cc1)C(=Nc1ccc(C)cc1)Oc1ccccc1C. The van der Waals surface area contributed by atoms with Gasteiger partial charge in [-0.1, -0.05) is 53.6 Å². The van der Waals surface area contributed by atoms with Crippen LogP contribution in [0.4, 0.5) is 5.69 Å². The molecule has 3 aromatic carbocycles. The minimum atomic E-state index is 0.505. The topological polar surface area (TPSA) is 30.8 Å². The van der Waals surface area contributed by atoms with Gasteiger partial charge in [0, 0.05) is 5.57 Å². The number of aliphatic imine (C=N–C) groups is 1. The molecule has 3 nitrogen and oxygen atoms in total. The molecule has 0 aromatic heterocycles. The van der Waals surface area contributed by atoms with Gasteiger partial charge in [-0.15, -0.1) is 0 Å². The predicted molar refractivity (Wildman–Crippen MR) is 116 cm³/mol. The smallest absolute Gasteiger partial charge is 0.225 e. The molecule has 142 valence electrons. The van der Waals surface area contributed by atoms with Crippen molar-refractivity contribution in [3.63, 3.8) is 0 Å². The zero-order chi connectivity index (χ0) is 19.9. The van der Waals surface area contributed by atoms with E-state index in [0.29, 0.717) is 5.90 Å². The summed E-state index contributed by atoms with van der Waals surface area (Å²) in [7, 11) is 0. The van der Waals surface area contributed by atoms with Gasteiger partial charge < -0.3 is 9.47 Å². The van der Waals surface area contributed by atoms with Gasteiger partial charge in [0.05, 0.1) is 11.9 Å². The molecule has 0 unspecified atom stereocenters. The van der Waals surface area contributed by atoms with Crippen LogP contribution in [0.5, 0.6) is 11.5 Å². The molecule has 0 radical (unpaired) electrons. The Morgan fingerprint density at radius 2 is 1.39 bits per heavy atom. The van der Waals surface area contributed by atoms with E-state index in [4.69, 9.17) is 14.5 Å². The largest absolute Gasteiger partial charge is 0.465 e. The van der Waals surface area contributed by atoms with Crippen molar-refractivity contribution in [2.75, 3.05) is 0 Å². The number of ether oxygens (including phenoxy) is 2. The third-order valence-electron chi connectivity index (χ3n) is 4.29. The summed E-state index contributed by atoms with van der Waals surface area (Å²) in [5, 5.41) is 0. The Hall–Kier alpha value is -3.33. The van der Waals surface area contributed by atoms with E-state index in [1.165, 1.54) is 11.1 Å². The van der Waals surface area contributed by atoms with E-state index in [1.54, 1.807) is 6.26 Å². The minimum Gasteiger partial charge on any atom is -0.465 e. The molecule has 3 aromatic rings. The molecule has 0 spiro atoms. The number of nitrogens with zero attached hydrogens (tertiary/aromatic N) is 1. The highest BCUT2D eigenvalue weighted by Gasteiger charge is 2.09. The van der Waals surface area contributed by atoms with Gasteiger partial charge >= 0.3 is 0 Å². The molecule has 0 bridgehead atoms. The van der Waals surface area contributed by atoms with Gasteiger partial charge in [-0.3, -0.25) is 0 Å². The Morgan fingerprint density at radius 3 is 2.04 bits per heavy atom. The molecular formula is C25H25NO2. The van der Waals surface area contributed by atoms with Crippen molar-refractivity contribution in [1.29, 1.82) is 0 Å². The van der Waals surface area contributed by atoms with E-state index in [9.17, 15) is 0 Å². The molecule has 0 saturated carbocycles. The summed E-state index contributed by atoms with van der Waals surface area (Å²) in [4.78, 5) is 4.71. The molecule has 0 aliphatic rings. The Kier molecular flexibility index (Phi) is 6.28. The van der Waals surface area contributed by atoms with Crippen LogP contribution in [-0.4, -0.2) is 5.90 Å². The van der Waals surface area contributed by atoms with Crippen LogP contribution in [0, 0.1) is 20.8 Å². The standard InChI is InChI=1S/C25H25NO2/c1-18-9-13-22(14-10-18)26-25(28-24-8-6-5-7-20(24)3)21(4)17-27-23-15-11-19(2)12-16-23/h5-17H,1-4H3/b21-17+,26-25?. The van der Waals surface area contributed by atoms with Crippen molar-refractivity contribution in [3.8, 4) is 11.5 Å². The second-order valence-electron chi connectivity index (χ2n) is 6.85. The molecule has 3 rings (SSSR count). The van der Waals surface area contributed by atoms with Crippen molar-refractivity contribution < 1.29 is 9.47 Å². The number of hydrogen-bond donors (Lipinski definition) is 0. The maximum atomic E-state index is 6.15. The average Bonchev–Trinajstić information content (AvgIpc) is 2.70. The molecule has 0 aliphatic heterocycles. The van der Waals surface area contributed by atoms with Crippen LogP contribution in [0.3, 0.4) is 0 Å². The number of benzene rings is 3. The van der Waals surface area contributed by atoms with Gasteiger partial charge in [0.1, 0.15) is 11.5 Å². The fraction of sp³-hybridized carbons (Fsp3) is 0.160. The zero-order valence-corrected chi connectivity index (χ0v) is 16.8. The van der Waals surface area contributed by atoms with Crippen molar-refractivity contribution in [2.45, 2.75) is 27.7 Å². The van der Waals surface area contributed by atoms with Crippen molar-refractivity contribution in [3.05, 3.63) is 101 Å². The number of aryl methyl sites for hydroxylation is 3. The highest BCUT2D eigenvalue weighted by molar-refractivity contribution is 5.96. The summed E-state index contributed by atoms with van der Waals surface area (Å²) in [6.45, 7) is 8.05. The lowest BCUT2D eigenvalue weighted by Crippen LogP contribution is -2.11. The normalized spacial score (nSPS) is 12.0. The number of rotatable bonds is 5. The lowest BCUT2D eigenvalue weighted by molar-refractivity contribution is 0.473. The maximum absolute atomic E-state index is 6.15. The highest BCUT2D eigenvalue weighted by Crippen LogP contribution is 2.21. The lowest BCUT2D eigenvalue weighted by Gasteiger charge is -2.12. The quantitative estimate of drug-likeness (QED) is 0.284. The van der Waals surface area contributed by atoms with Crippen LogP contribution in [0.25, 0.3) is 0 Å². The van der Waals surface area contributed by atoms with Crippen LogP contribution in [0.2, 0.25) is 0 Å². The van der Waals surface area contributed by atoms with Crippen LogP contribution >= 0.6 is 0 Å². The molecule has 0 heterocycles. The van der Waals surface area contributed by atoms with E-state index in [1.807, 2.05) is 93.6 Å². The van der Waals surface area contributed by atoms with Gasteiger partial charge in [0.15, 0.2) is 0 Å². The molecule has 28 heavy (non-hydrogen) atoms. The lowest BCUT2D eigenvalue weighted by atomic mass is 10.2. The predicted octanol–water partition coefficient (Wildman–Crippen LogP) is 6.70. The van der Waals surface area contributed by atoms with Crippen molar-refractivity contribution >= 4 is 11.6 Å². The Balaban J connectivity index is 1.90. The Labute approximate surface area is 167 Å². The molecular weight excluding hydrogens is 346 g/mol. The fourth-order valence-electron chi connectivity index (χ4n) is 2.53. The molecule has 0 aliphatic carbocycles. The van der Waals surface area contributed by atoms with E-state index in [0.717, 1.165) is 28.3 Å². The molecule has 0 fully saturated rings. The highest BCUT2D eigenvalue weighted by atomic mass is 16.5. The third-order valence-corrected chi connectivity index (χ3v) is 4.29. The van der Waals surface area contributed by atoms with Gasteiger partial charge in [0.2, 0.25) is 5.90 Å². The summed E-state index contributed by atoms with van der Waals surface area (Å²) in [6, 6.07) is 23.8. The monoisotopic (exact) mass is 371 g/mol. The molecule has 0 saturated heterocycles. The van der Waals surface area contributed by atoms with Crippen LogP contribution in [0.1, 0.15) is 23.6 Å². The fourth-order valence-corrected chi connectivity index (χ4v) is 2.53. The van der Waals surface area contributed by atoms with Crippen molar-refractivity contribution in [2.24, 2.45) is 4.99 Å². The van der Waals surface area contributed by atoms with Gasteiger partial charge in [0.25, 0.3) is 0 Å². The zero-order valence-electron chi connectivity index (χ0n) is 16.8. The van der Waals surface area contributed by atoms with Crippen LogP contribution in [-0.2, 0) is 0 Å². The molecule has 3 heteroatoms. The minimum absolute atomic E-state index is 0.505. The molecule has 0 amide bonds. The second kappa shape index (κ2) is 9.05. The average molecular weight is 371 g/mol. The van der Waals surface area contributed by atoms with E-state index < -0.39 is 0 Å². The molecule has 0 N–H and O–H groups in total. The summed E-state index contributed by atoms with van der Waals surface area (Å²) >= 11 is 0. The number of hydrogen-bond acceptors (Lipinski definition) is 3. The molecule has 0 atom stereocenters. The van der Waals surface area contributed by atoms with Crippen molar-refractivity contribution in [1.82, 2.24) is 0 Å². The second-order valence-corrected chi connectivity index (χ2v) is 6.85.